The zero-order valence-electron chi connectivity index (χ0n) is 15.2. The number of nitrogens with zero attached hydrogens (tertiary/aromatic N) is 2. The first-order valence-electron chi connectivity index (χ1n) is 9.67. The molecule has 3 atom stereocenters. The van der Waals surface area contributed by atoms with Gasteiger partial charge in [-0.15, -0.1) is 0 Å². The molecule has 6 nitrogen and oxygen atoms in total. The number of hydrogen-bond acceptors (Lipinski definition) is 4. The van der Waals surface area contributed by atoms with Gasteiger partial charge in [-0.05, 0) is 25.2 Å². The summed E-state index contributed by atoms with van der Waals surface area (Å²) in [6.07, 6.45) is 7.00. The van der Waals surface area contributed by atoms with E-state index in [-0.39, 0.29) is 18.4 Å². The molecule has 6 heteroatoms. The molecular weight excluding hydrogens is 344 g/mol. The first kappa shape index (κ1) is 17.8. The average Bonchev–Trinajstić information content (AvgIpc) is 3.32. The van der Waals surface area contributed by atoms with Crippen LogP contribution in [0, 0.1) is 5.92 Å². The summed E-state index contributed by atoms with van der Waals surface area (Å²) in [5, 5.41) is 9.57. The lowest BCUT2D eigenvalue weighted by Gasteiger charge is -2.33. The Balaban J connectivity index is 1.42. The predicted molar refractivity (Wildman–Crippen MR) is 98.9 cm³/mol. The van der Waals surface area contributed by atoms with Gasteiger partial charge in [0.05, 0.1) is 6.20 Å². The van der Waals surface area contributed by atoms with E-state index in [1.165, 1.54) is 0 Å². The third kappa shape index (κ3) is 3.61. The maximum absolute atomic E-state index is 12.9. The fourth-order valence-corrected chi connectivity index (χ4v) is 4.54. The summed E-state index contributed by atoms with van der Waals surface area (Å²) in [4.78, 5) is 30.4. The van der Waals surface area contributed by atoms with Crippen molar-refractivity contribution in [1.82, 2.24) is 9.88 Å². The molecule has 2 fully saturated rings. The minimum atomic E-state index is -0.889. The number of hydrogen-bond donors (Lipinski definition) is 1. The van der Waals surface area contributed by atoms with Crippen molar-refractivity contribution in [3.05, 3.63) is 42.4 Å². The van der Waals surface area contributed by atoms with E-state index in [2.05, 4.69) is 4.98 Å². The number of oxazole rings is 1. The maximum Gasteiger partial charge on any atom is 0.326 e. The standard InChI is InChI=1S/C21H24N2O4/c24-20(23-16-9-5-4-8-15(16)12-17(23)21(25)26)11-10-19-22-13-18(27-19)14-6-2-1-3-7-14/h1-3,6-7,13,15-17H,4-5,8-12H2,(H,25,26)/t15-,16+,17+/m1/s1. The fraction of sp³-hybridized carbons (Fsp3) is 0.476. The molecule has 0 bridgehead atoms. The highest BCUT2D eigenvalue weighted by Gasteiger charge is 2.47. The van der Waals surface area contributed by atoms with E-state index in [9.17, 15) is 14.7 Å². The third-order valence-corrected chi connectivity index (χ3v) is 5.83. The average molecular weight is 368 g/mol. The molecule has 2 heterocycles. The summed E-state index contributed by atoms with van der Waals surface area (Å²) in [7, 11) is 0. The molecule has 1 saturated carbocycles. The molecule has 1 amide bonds. The highest BCUT2D eigenvalue weighted by Crippen LogP contribution is 2.40. The van der Waals surface area contributed by atoms with Gasteiger partial charge in [-0.25, -0.2) is 9.78 Å². The van der Waals surface area contributed by atoms with Crippen LogP contribution in [0.25, 0.3) is 11.3 Å². The van der Waals surface area contributed by atoms with E-state index in [4.69, 9.17) is 4.42 Å². The first-order chi connectivity index (χ1) is 13.1. The van der Waals surface area contributed by atoms with Gasteiger partial charge in [-0.1, -0.05) is 43.2 Å². The van der Waals surface area contributed by atoms with Crippen molar-refractivity contribution in [3.63, 3.8) is 0 Å². The Hall–Kier alpha value is -2.63. The van der Waals surface area contributed by atoms with Crippen LogP contribution in [0.2, 0.25) is 0 Å². The van der Waals surface area contributed by atoms with Gasteiger partial charge in [-0.2, -0.15) is 0 Å². The van der Waals surface area contributed by atoms with E-state index < -0.39 is 12.0 Å². The van der Waals surface area contributed by atoms with Crippen molar-refractivity contribution in [1.29, 1.82) is 0 Å². The van der Waals surface area contributed by atoms with Gasteiger partial charge in [0.2, 0.25) is 5.91 Å². The van der Waals surface area contributed by atoms with Gasteiger partial charge >= 0.3 is 5.97 Å². The number of benzene rings is 1. The SMILES string of the molecule is O=C(O)[C@@H]1C[C@H]2CCCC[C@@H]2N1C(=O)CCc1ncc(-c2ccccc2)o1. The molecule has 27 heavy (non-hydrogen) atoms. The molecule has 0 unspecified atom stereocenters. The van der Waals surface area contributed by atoms with Crippen LogP contribution in [0.3, 0.4) is 0 Å². The summed E-state index contributed by atoms with van der Waals surface area (Å²) in [6.45, 7) is 0. The van der Waals surface area contributed by atoms with E-state index in [1.807, 2.05) is 30.3 Å². The van der Waals surface area contributed by atoms with Crippen LogP contribution in [0.4, 0.5) is 0 Å². The lowest BCUT2D eigenvalue weighted by molar-refractivity contribution is -0.149. The maximum atomic E-state index is 12.9. The molecule has 0 spiro atoms. The molecule has 1 aromatic carbocycles. The van der Waals surface area contributed by atoms with Crippen molar-refractivity contribution in [2.75, 3.05) is 0 Å². The molecule has 142 valence electrons. The molecule has 2 aromatic rings. The quantitative estimate of drug-likeness (QED) is 0.873. The van der Waals surface area contributed by atoms with E-state index in [0.29, 0.717) is 30.4 Å². The Bertz CT molecular complexity index is 817. The second-order valence-electron chi connectivity index (χ2n) is 7.49. The number of aromatic nitrogens is 1. The molecule has 0 radical (unpaired) electrons. The minimum Gasteiger partial charge on any atom is -0.480 e. The van der Waals surface area contributed by atoms with Crippen LogP contribution in [0.15, 0.2) is 40.9 Å². The van der Waals surface area contributed by atoms with E-state index >= 15 is 0 Å². The fourth-order valence-electron chi connectivity index (χ4n) is 4.54. The lowest BCUT2D eigenvalue weighted by atomic mass is 9.84. The van der Waals surface area contributed by atoms with Crippen molar-refractivity contribution in [2.45, 2.75) is 57.0 Å². The Morgan fingerprint density at radius 1 is 1.19 bits per heavy atom. The van der Waals surface area contributed by atoms with Crippen molar-refractivity contribution < 1.29 is 19.1 Å². The number of carbonyl (C=O) groups is 2. The van der Waals surface area contributed by atoms with E-state index in [0.717, 1.165) is 31.2 Å². The number of likely N-dealkylation sites (tertiary alicyclic amines) is 1. The smallest absolute Gasteiger partial charge is 0.326 e. The summed E-state index contributed by atoms with van der Waals surface area (Å²) in [5.74, 6) is 0.523. The minimum absolute atomic E-state index is 0.0804. The molecule has 1 saturated heterocycles. The molecule has 2 aliphatic rings. The third-order valence-electron chi connectivity index (χ3n) is 5.83. The van der Waals surface area contributed by atoms with Crippen LogP contribution in [-0.4, -0.2) is 39.0 Å². The molecule has 1 N–H and O–H groups in total. The normalized spacial score (nSPS) is 24.6. The monoisotopic (exact) mass is 368 g/mol. The number of aryl methyl sites for hydroxylation is 1. The summed E-state index contributed by atoms with van der Waals surface area (Å²) < 4.78 is 5.77. The van der Waals surface area contributed by atoms with Crippen molar-refractivity contribution >= 4 is 11.9 Å². The molecular formula is C21H24N2O4. The van der Waals surface area contributed by atoms with Crippen molar-refractivity contribution in [3.8, 4) is 11.3 Å². The zero-order chi connectivity index (χ0) is 18.8. The number of carboxylic acids is 1. The Morgan fingerprint density at radius 3 is 2.74 bits per heavy atom. The van der Waals surface area contributed by atoms with Gasteiger partial charge in [0.1, 0.15) is 6.04 Å². The second kappa shape index (κ2) is 7.55. The second-order valence-corrected chi connectivity index (χ2v) is 7.49. The number of carboxylic acid groups (broad SMARTS) is 1. The van der Waals surface area contributed by atoms with Gasteiger partial charge < -0.3 is 14.4 Å². The summed E-state index contributed by atoms with van der Waals surface area (Å²) >= 11 is 0. The molecule has 1 aliphatic carbocycles. The Labute approximate surface area is 158 Å². The van der Waals surface area contributed by atoms with Crippen molar-refractivity contribution in [2.24, 2.45) is 5.92 Å². The van der Waals surface area contributed by atoms with Gasteiger partial charge in [0, 0.05) is 24.4 Å². The zero-order valence-corrected chi connectivity index (χ0v) is 15.2. The summed E-state index contributed by atoms with van der Waals surface area (Å²) in [6, 6.07) is 9.09. The molecule has 1 aliphatic heterocycles. The highest BCUT2D eigenvalue weighted by molar-refractivity contribution is 5.85. The Kier molecular flexibility index (Phi) is 4.97. The van der Waals surface area contributed by atoms with E-state index in [1.54, 1.807) is 11.1 Å². The van der Waals surface area contributed by atoms with Crippen LogP contribution >= 0.6 is 0 Å². The highest BCUT2D eigenvalue weighted by atomic mass is 16.4. The Morgan fingerprint density at radius 2 is 1.96 bits per heavy atom. The van der Waals surface area contributed by atoms with Crippen LogP contribution in [0.1, 0.15) is 44.4 Å². The van der Waals surface area contributed by atoms with Crippen LogP contribution in [-0.2, 0) is 16.0 Å². The number of aliphatic carboxylic acids is 1. The predicted octanol–water partition coefficient (Wildman–Crippen LogP) is 3.52. The number of fused-ring (bicyclic) bond motifs is 1. The number of rotatable bonds is 5. The number of amides is 1. The van der Waals surface area contributed by atoms with Crippen LogP contribution < -0.4 is 0 Å². The van der Waals surface area contributed by atoms with Gasteiger partial charge in [-0.3, -0.25) is 4.79 Å². The largest absolute Gasteiger partial charge is 0.480 e. The van der Waals surface area contributed by atoms with Crippen LogP contribution in [0.5, 0.6) is 0 Å². The lowest BCUT2D eigenvalue weighted by Crippen LogP contribution is -2.46. The molecule has 4 rings (SSSR count). The topological polar surface area (TPSA) is 83.6 Å². The summed E-state index contributed by atoms with van der Waals surface area (Å²) in [5.41, 5.74) is 0.943. The number of carbonyl (C=O) groups excluding carboxylic acids is 1. The first-order valence-corrected chi connectivity index (χ1v) is 9.67. The van der Waals surface area contributed by atoms with Gasteiger partial charge in [0.25, 0.3) is 0 Å². The molecule has 1 aromatic heterocycles. The van der Waals surface area contributed by atoms with Gasteiger partial charge in [0.15, 0.2) is 11.7 Å².